The molecule has 2 aromatic carbocycles. The van der Waals surface area contributed by atoms with Gasteiger partial charge in [-0.25, -0.2) is 9.98 Å². The van der Waals surface area contributed by atoms with Crippen LogP contribution in [0.4, 0.5) is 17.2 Å². The maximum atomic E-state index is 12.7. The van der Waals surface area contributed by atoms with Gasteiger partial charge in [0.2, 0.25) is 0 Å². The van der Waals surface area contributed by atoms with Gasteiger partial charge < -0.3 is 5.32 Å². The number of pyridine rings is 1. The summed E-state index contributed by atoms with van der Waals surface area (Å²) < 4.78 is 0. The number of benzene rings is 2. The van der Waals surface area contributed by atoms with E-state index in [1.807, 2.05) is 60.7 Å². The molecule has 0 atom stereocenters. The predicted octanol–water partition coefficient (Wildman–Crippen LogP) is 5.62. The van der Waals surface area contributed by atoms with Gasteiger partial charge in [0.1, 0.15) is 5.82 Å². The number of nitrogens with zero attached hydrogens (tertiary/aromatic N) is 3. The summed E-state index contributed by atoms with van der Waals surface area (Å²) in [6.07, 6.45) is 4.60. The number of para-hydroxylation sites is 1. The molecule has 3 aromatic rings. The molecule has 0 unspecified atom stereocenters. The fourth-order valence-corrected chi connectivity index (χ4v) is 3.98. The molecule has 1 aliphatic heterocycles. The van der Waals surface area contributed by atoms with Crippen LogP contribution >= 0.6 is 11.8 Å². The molecular weight excluding hydrogens is 392 g/mol. The zero-order chi connectivity index (χ0) is 20.9. The lowest BCUT2D eigenvalue weighted by Crippen LogP contribution is -2.23. The van der Waals surface area contributed by atoms with Crippen molar-refractivity contribution in [2.24, 2.45) is 4.99 Å². The summed E-state index contributed by atoms with van der Waals surface area (Å²) in [5.74, 6) is 0.669. The molecule has 5 nitrogen and oxygen atoms in total. The molecule has 0 saturated carbocycles. The van der Waals surface area contributed by atoms with E-state index in [1.165, 1.54) is 17.3 Å². The highest BCUT2D eigenvalue weighted by molar-refractivity contribution is 8.18. The van der Waals surface area contributed by atoms with Gasteiger partial charge >= 0.3 is 0 Å². The Morgan fingerprint density at radius 3 is 2.60 bits per heavy atom. The molecule has 2 heterocycles. The number of amidine groups is 1. The smallest absolute Gasteiger partial charge is 0.266 e. The van der Waals surface area contributed by atoms with Gasteiger partial charge in [-0.2, -0.15) is 0 Å². The lowest BCUT2D eigenvalue weighted by atomic mass is 10.2. The first-order valence-electron chi connectivity index (χ1n) is 9.76. The van der Waals surface area contributed by atoms with Gasteiger partial charge in [-0.05, 0) is 71.8 Å². The molecule has 0 spiro atoms. The number of aliphatic imine (C=N–C) groups is 1. The third-order valence-electron chi connectivity index (χ3n) is 4.70. The molecule has 0 bridgehead atoms. The van der Waals surface area contributed by atoms with Crippen LogP contribution in [-0.4, -0.2) is 28.0 Å². The van der Waals surface area contributed by atoms with Crippen molar-refractivity contribution in [2.45, 2.75) is 13.3 Å². The topological polar surface area (TPSA) is 57.6 Å². The molecule has 1 N–H and O–H groups in total. The largest absolute Gasteiger partial charge is 0.340 e. The first kappa shape index (κ1) is 19.9. The quantitative estimate of drug-likeness (QED) is 0.551. The molecule has 1 saturated heterocycles. The van der Waals surface area contributed by atoms with Crippen molar-refractivity contribution in [1.82, 2.24) is 9.88 Å². The molecule has 1 fully saturated rings. The fraction of sp³-hybridized carbons (Fsp3) is 0.125. The van der Waals surface area contributed by atoms with E-state index in [-0.39, 0.29) is 5.91 Å². The minimum Gasteiger partial charge on any atom is -0.340 e. The van der Waals surface area contributed by atoms with Crippen LogP contribution < -0.4 is 5.32 Å². The number of aromatic nitrogens is 1. The van der Waals surface area contributed by atoms with E-state index in [0.29, 0.717) is 10.1 Å². The van der Waals surface area contributed by atoms with E-state index in [9.17, 15) is 4.79 Å². The third kappa shape index (κ3) is 4.60. The van der Waals surface area contributed by atoms with Crippen molar-refractivity contribution in [3.8, 4) is 0 Å². The molecule has 30 heavy (non-hydrogen) atoms. The van der Waals surface area contributed by atoms with E-state index < -0.39 is 0 Å². The zero-order valence-electron chi connectivity index (χ0n) is 16.9. The Morgan fingerprint density at radius 2 is 1.87 bits per heavy atom. The molecule has 1 aromatic heterocycles. The van der Waals surface area contributed by atoms with Crippen LogP contribution in [-0.2, 0) is 11.2 Å². The number of hydrogen-bond donors (Lipinski definition) is 1. The van der Waals surface area contributed by atoms with Crippen molar-refractivity contribution >= 4 is 46.1 Å². The predicted molar refractivity (Wildman–Crippen MR) is 125 cm³/mol. The number of thioether (sulfide) groups is 1. The number of nitrogens with one attached hydrogen (secondary N) is 1. The summed E-state index contributed by atoms with van der Waals surface area (Å²) in [4.78, 5) is 24.0. The Bertz CT molecular complexity index is 1110. The SMILES string of the molecule is CCc1ccc(N=C2S/C(=C\c3ccnc(Nc4ccccc4)c3)C(=O)N2C)cc1. The Balaban J connectivity index is 1.54. The number of aryl methyl sites for hydroxylation is 1. The Labute approximate surface area is 180 Å². The Morgan fingerprint density at radius 1 is 1.10 bits per heavy atom. The second-order valence-electron chi connectivity index (χ2n) is 6.85. The maximum absolute atomic E-state index is 12.7. The van der Waals surface area contributed by atoms with Crippen LogP contribution in [0.1, 0.15) is 18.1 Å². The van der Waals surface area contributed by atoms with Gasteiger partial charge in [0.25, 0.3) is 5.91 Å². The van der Waals surface area contributed by atoms with Crippen molar-refractivity contribution in [3.63, 3.8) is 0 Å². The lowest BCUT2D eigenvalue weighted by molar-refractivity contribution is -0.121. The number of carbonyl (C=O) groups excluding carboxylic acids is 1. The molecule has 0 radical (unpaired) electrons. The monoisotopic (exact) mass is 414 g/mol. The van der Waals surface area contributed by atoms with Crippen LogP contribution in [0.3, 0.4) is 0 Å². The molecular formula is C24H22N4OS. The maximum Gasteiger partial charge on any atom is 0.266 e. The van der Waals surface area contributed by atoms with Gasteiger partial charge in [0.15, 0.2) is 5.17 Å². The minimum absolute atomic E-state index is 0.0571. The van der Waals surface area contributed by atoms with Gasteiger partial charge in [-0.15, -0.1) is 0 Å². The first-order valence-corrected chi connectivity index (χ1v) is 10.6. The number of anilines is 2. The summed E-state index contributed by atoms with van der Waals surface area (Å²) in [6.45, 7) is 2.12. The summed E-state index contributed by atoms with van der Waals surface area (Å²) >= 11 is 1.38. The summed E-state index contributed by atoms with van der Waals surface area (Å²) in [5, 5.41) is 3.95. The summed E-state index contributed by atoms with van der Waals surface area (Å²) in [6, 6.07) is 21.8. The van der Waals surface area contributed by atoms with Crippen LogP contribution in [0, 0.1) is 0 Å². The lowest BCUT2D eigenvalue weighted by Gasteiger charge is -2.07. The number of likely N-dealkylation sites (N-methyl/N-ethyl adjacent to an activating group) is 1. The summed E-state index contributed by atoms with van der Waals surface area (Å²) in [7, 11) is 1.75. The number of amides is 1. The van der Waals surface area contributed by atoms with Crippen LogP contribution in [0.2, 0.25) is 0 Å². The van der Waals surface area contributed by atoms with E-state index >= 15 is 0 Å². The summed E-state index contributed by atoms with van der Waals surface area (Å²) in [5.41, 5.74) is 3.97. The second-order valence-corrected chi connectivity index (χ2v) is 7.86. The van der Waals surface area contributed by atoms with E-state index in [2.05, 4.69) is 34.3 Å². The molecule has 1 amide bonds. The van der Waals surface area contributed by atoms with Crippen LogP contribution in [0.15, 0.2) is 82.8 Å². The van der Waals surface area contributed by atoms with E-state index in [4.69, 9.17) is 0 Å². The first-order chi connectivity index (χ1) is 14.6. The molecule has 150 valence electrons. The average molecular weight is 415 g/mol. The highest BCUT2D eigenvalue weighted by atomic mass is 32.2. The highest BCUT2D eigenvalue weighted by Gasteiger charge is 2.30. The van der Waals surface area contributed by atoms with Crippen LogP contribution in [0.5, 0.6) is 0 Å². The van der Waals surface area contributed by atoms with Crippen molar-refractivity contribution in [1.29, 1.82) is 0 Å². The Hall–Kier alpha value is -3.38. The fourth-order valence-electron chi connectivity index (χ4n) is 2.99. The minimum atomic E-state index is -0.0571. The van der Waals surface area contributed by atoms with Crippen LogP contribution in [0.25, 0.3) is 6.08 Å². The standard InChI is InChI=1S/C24H22N4OS/c1-3-17-9-11-20(12-10-17)27-24-28(2)23(29)21(30-24)15-18-13-14-25-22(16-18)26-19-7-5-4-6-8-19/h4-16H,3H2,1-2H3,(H,25,26)/b21-15-,27-24?. The number of hydrogen-bond acceptors (Lipinski definition) is 5. The molecule has 4 rings (SSSR count). The molecule has 6 heteroatoms. The normalized spacial score (nSPS) is 16.5. The van der Waals surface area contributed by atoms with E-state index in [1.54, 1.807) is 18.1 Å². The average Bonchev–Trinajstić information content (AvgIpc) is 3.03. The number of carbonyl (C=O) groups is 1. The van der Waals surface area contributed by atoms with Gasteiger partial charge in [-0.3, -0.25) is 9.69 Å². The molecule has 1 aliphatic rings. The molecule has 0 aliphatic carbocycles. The van der Waals surface area contributed by atoms with Gasteiger partial charge in [0.05, 0.1) is 10.6 Å². The van der Waals surface area contributed by atoms with Crippen molar-refractivity contribution in [2.75, 3.05) is 12.4 Å². The van der Waals surface area contributed by atoms with Crippen molar-refractivity contribution < 1.29 is 4.79 Å². The third-order valence-corrected chi connectivity index (χ3v) is 5.76. The highest BCUT2D eigenvalue weighted by Crippen LogP contribution is 2.33. The second kappa shape index (κ2) is 8.97. The van der Waals surface area contributed by atoms with Gasteiger partial charge in [-0.1, -0.05) is 37.3 Å². The van der Waals surface area contributed by atoms with Crippen molar-refractivity contribution in [3.05, 3.63) is 89.0 Å². The van der Waals surface area contributed by atoms with E-state index in [0.717, 1.165) is 29.2 Å². The zero-order valence-corrected chi connectivity index (χ0v) is 17.7. The Kier molecular flexibility index (Phi) is 5.95. The number of rotatable bonds is 5. The van der Waals surface area contributed by atoms with Gasteiger partial charge in [0, 0.05) is 18.9 Å².